The molecule has 116 valence electrons. The van der Waals surface area contributed by atoms with Gasteiger partial charge in [0.2, 0.25) is 0 Å². The number of halogens is 4. The van der Waals surface area contributed by atoms with Gasteiger partial charge in [0.05, 0.1) is 10.7 Å². The van der Waals surface area contributed by atoms with Crippen molar-refractivity contribution < 1.29 is 17.9 Å². The molecule has 8 heteroatoms. The van der Waals surface area contributed by atoms with Crippen molar-refractivity contribution >= 4 is 40.3 Å². The predicted molar refractivity (Wildman–Crippen MR) is 84.4 cm³/mol. The van der Waals surface area contributed by atoms with Gasteiger partial charge in [0, 0.05) is 5.69 Å². The second kappa shape index (κ2) is 6.85. The average Bonchev–Trinajstić information content (AvgIpc) is 2.42. The van der Waals surface area contributed by atoms with E-state index in [2.05, 4.69) is 15.4 Å². The second-order valence-corrected chi connectivity index (χ2v) is 4.95. The van der Waals surface area contributed by atoms with Crippen LogP contribution in [0.15, 0.2) is 48.5 Å². The number of anilines is 2. The highest BCUT2D eigenvalue weighted by molar-refractivity contribution is 7.80. The van der Waals surface area contributed by atoms with Gasteiger partial charge < -0.3 is 15.4 Å². The molecule has 2 rings (SSSR count). The first kappa shape index (κ1) is 16.4. The van der Waals surface area contributed by atoms with E-state index in [1.54, 1.807) is 24.3 Å². The third kappa shape index (κ3) is 5.09. The van der Waals surface area contributed by atoms with Gasteiger partial charge in [-0.3, -0.25) is 0 Å². The van der Waals surface area contributed by atoms with E-state index in [1.807, 2.05) is 0 Å². The highest BCUT2D eigenvalue weighted by atomic mass is 35.5. The molecule has 0 heterocycles. The second-order valence-electron chi connectivity index (χ2n) is 4.13. The molecule has 0 spiro atoms. The van der Waals surface area contributed by atoms with Gasteiger partial charge >= 0.3 is 6.36 Å². The van der Waals surface area contributed by atoms with E-state index in [0.29, 0.717) is 16.4 Å². The summed E-state index contributed by atoms with van der Waals surface area (Å²) >= 11 is 11.1. The summed E-state index contributed by atoms with van der Waals surface area (Å²) in [4.78, 5) is 0. The highest BCUT2D eigenvalue weighted by Gasteiger charge is 2.30. The number of hydrogen-bond acceptors (Lipinski definition) is 2. The topological polar surface area (TPSA) is 33.3 Å². The van der Waals surface area contributed by atoms with Crippen molar-refractivity contribution in [3.63, 3.8) is 0 Å². The maximum Gasteiger partial charge on any atom is 0.573 e. The number of alkyl halides is 3. The lowest BCUT2D eigenvalue weighted by Gasteiger charge is -2.12. The lowest BCUT2D eigenvalue weighted by atomic mass is 10.3. The number of rotatable bonds is 3. The van der Waals surface area contributed by atoms with Crippen LogP contribution in [0.3, 0.4) is 0 Å². The largest absolute Gasteiger partial charge is 0.573 e. The number of para-hydroxylation sites is 1. The molecule has 0 aliphatic rings. The zero-order valence-corrected chi connectivity index (χ0v) is 12.5. The number of nitrogens with one attached hydrogen (secondary N) is 2. The molecular formula is C14H10ClF3N2OS. The maximum absolute atomic E-state index is 12.1. The van der Waals surface area contributed by atoms with Crippen LogP contribution in [0.4, 0.5) is 24.5 Å². The van der Waals surface area contributed by atoms with Crippen LogP contribution in [0, 0.1) is 0 Å². The molecule has 22 heavy (non-hydrogen) atoms. The lowest BCUT2D eigenvalue weighted by Crippen LogP contribution is -2.19. The van der Waals surface area contributed by atoms with Crippen LogP contribution in [0.1, 0.15) is 0 Å². The van der Waals surface area contributed by atoms with Crippen molar-refractivity contribution in [2.45, 2.75) is 6.36 Å². The third-order valence-corrected chi connectivity index (χ3v) is 3.00. The van der Waals surface area contributed by atoms with Gasteiger partial charge in [0.1, 0.15) is 5.75 Å². The molecule has 0 saturated heterocycles. The van der Waals surface area contributed by atoms with Crippen LogP contribution < -0.4 is 15.4 Å². The van der Waals surface area contributed by atoms with E-state index >= 15 is 0 Å². The molecule has 0 aliphatic heterocycles. The van der Waals surface area contributed by atoms with Gasteiger partial charge in [-0.1, -0.05) is 23.7 Å². The summed E-state index contributed by atoms with van der Waals surface area (Å²) < 4.78 is 39.9. The smallest absolute Gasteiger partial charge is 0.406 e. The van der Waals surface area contributed by atoms with Gasteiger partial charge in [0.25, 0.3) is 0 Å². The Hall–Kier alpha value is -1.99. The first-order chi connectivity index (χ1) is 10.3. The minimum atomic E-state index is -4.71. The van der Waals surface area contributed by atoms with E-state index in [4.69, 9.17) is 23.8 Å². The molecule has 0 radical (unpaired) electrons. The molecule has 2 N–H and O–H groups in total. The predicted octanol–water partition coefficient (Wildman–Crippen LogP) is 5.05. The Labute approximate surface area is 135 Å². The molecule has 0 saturated carbocycles. The van der Waals surface area contributed by atoms with E-state index in [-0.39, 0.29) is 10.9 Å². The fraction of sp³-hybridized carbons (Fsp3) is 0.0714. The molecule has 2 aromatic carbocycles. The van der Waals surface area contributed by atoms with E-state index in [0.717, 1.165) is 0 Å². The molecule has 0 aromatic heterocycles. The number of thiocarbonyl (C=S) groups is 1. The summed E-state index contributed by atoms with van der Waals surface area (Å²) in [5, 5.41) is 6.48. The zero-order chi connectivity index (χ0) is 16.2. The summed E-state index contributed by atoms with van der Waals surface area (Å²) in [5.41, 5.74) is 1.14. The van der Waals surface area contributed by atoms with Crippen LogP contribution >= 0.6 is 23.8 Å². The van der Waals surface area contributed by atoms with Crippen LogP contribution in [0.5, 0.6) is 5.75 Å². The molecule has 2 aromatic rings. The number of ether oxygens (including phenoxy) is 1. The molecule has 0 unspecified atom stereocenters. The number of hydrogen-bond donors (Lipinski definition) is 2. The van der Waals surface area contributed by atoms with Crippen molar-refractivity contribution in [3.05, 3.63) is 53.6 Å². The molecule has 0 bridgehead atoms. The fourth-order valence-electron chi connectivity index (χ4n) is 1.59. The van der Waals surface area contributed by atoms with Gasteiger partial charge in [0.15, 0.2) is 5.11 Å². The van der Waals surface area contributed by atoms with Gasteiger partial charge in [-0.15, -0.1) is 13.2 Å². The quantitative estimate of drug-likeness (QED) is 0.762. The third-order valence-electron chi connectivity index (χ3n) is 2.47. The zero-order valence-electron chi connectivity index (χ0n) is 10.9. The van der Waals surface area contributed by atoms with Gasteiger partial charge in [-0.05, 0) is 48.6 Å². The average molecular weight is 347 g/mol. The Morgan fingerprint density at radius 1 is 1.00 bits per heavy atom. The highest BCUT2D eigenvalue weighted by Crippen LogP contribution is 2.24. The fourth-order valence-corrected chi connectivity index (χ4v) is 2.00. The molecule has 0 fully saturated rings. The Morgan fingerprint density at radius 2 is 1.64 bits per heavy atom. The van der Waals surface area contributed by atoms with Crippen molar-refractivity contribution in [1.82, 2.24) is 0 Å². The van der Waals surface area contributed by atoms with Crippen LogP contribution in [0.25, 0.3) is 0 Å². The Morgan fingerprint density at radius 3 is 2.23 bits per heavy atom. The minimum absolute atomic E-state index is 0.262. The summed E-state index contributed by atoms with van der Waals surface area (Å²) in [6.45, 7) is 0. The van der Waals surface area contributed by atoms with Crippen molar-refractivity contribution in [3.8, 4) is 5.75 Å². The van der Waals surface area contributed by atoms with E-state index < -0.39 is 6.36 Å². The van der Waals surface area contributed by atoms with Crippen LogP contribution in [-0.4, -0.2) is 11.5 Å². The lowest BCUT2D eigenvalue weighted by molar-refractivity contribution is -0.274. The molecule has 0 amide bonds. The Kier molecular flexibility index (Phi) is 5.10. The van der Waals surface area contributed by atoms with Crippen LogP contribution in [0.2, 0.25) is 5.02 Å². The van der Waals surface area contributed by atoms with Crippen LogP contribution in [-0.2, 0) is 0 Å². The Balaban J connectivity index is 1.96. The first-order valence-corrected chi connectivity index (χ1v) is 6.80. The monoisotopic (exact) mass is 346 g/mol. The first-order valence-electron chi connectivity index (χ1n) is 6.02. The van der Waals surface area contributed by atoms with E-state index in [1.165, 1.54) is 24.3 Å². The SMILES string of the molecule is FC(F)(F)Oc1ccc(NC(=S)Nc2ccccc2Cl)cc1. The molecular weight excluding hydrogens is 337 g/mol. The van der Waals surface area contributed by atoms with Crippen molar-refractivity contribution in [2.75, 3.05) is 10.6 Å². The molecule has 3 nitrogen and oxygen atoms in total. The molecule has 0 aliphatic carbocycles. The Bertz CT molecular complexity index is 662. The summed E-state index contributed by atoms with van der Waals surface area (Å²) in [5.74, 6) is -0.303. The minimum Gasteiger partial charge on any atom is -0.406 e. The standard InChI is InChI=1S/C14H10ClF3N2OS/c15-11-3-1-2-4-12(11)20-13(22)19-9-5-7-10(8-6-9)21-14(16,17)18/h1-8H,(H2,19,20,22). The summed E-state index contributed by atoms with van der Waals surface area (Å²) in [6, 6.07) is 12.2. The summed E-state index contributed by atoms with van der Waals surface area (Å²) in [6.07, 6.45) is -4.71. The summed E-state index contributed by atoms with van der Waals surface area (Å²) in [7, 11) is 0. The van der Waals surface area contributed by atoms with E-state index in [9.17, 15) is 13.2 Å². The van der Waals surface area contributed by atoms with Crippen molar-refractivity contribution in [2.24, 2.45) is 0 Å². The van der Waals surface area contributed by atoms with Gasteiger partial charge in [-0.2, -0.15) is 0 Å². The normalized spacial score (nSPS) is 10.9. The maximum atomic E-state index is 12.1. The van der Waals surface area contributed by atoms with Crippen molar-refractivity contribution in [1.29, 1.82) is 0 Å². The number of benzene rings is 2. The molecule has 0 atom stereocenters. The van der Waals surface area contributed by atoms with Gasteiger partial charge in [-0.25, -0.2) is 0 Å².